The van der Waals surface area contributed by atoms with Crippen LogP contribution < -0.4 is 11.1 Å². The maximum atomic E-state index is 12.9. The number of ether oxygens (including phenoxy) is 2. The third kappa shape index (κ3) is 6.05. The normalized spacial score (nSPS) is 15.8. The molecule has 0 radical (unpaired) electrons. The number of amides is 3. The van der Waals surface area contributed by atoms with Crippen molar-refractivity contribution in [1.82, 2.24) is 20.2 Å². The number of nitrogens with one attached hydrogen (secondary N) is 2. The van der Waals surface area contributed by atoms with Gasteiger partial charge in [-0.2, -0.15) is 0 Å². The van der Waals surface area contributed by atoms with Gasteiger partial charge in [0.2, 0.25) is 5.91 Å². The maximum absolute atomic E-state index is 12.9. The van der Waals surface area contributed by atoms with Crippen LogP contribution in [0.2, 0.25) is 0 Å². The first-order chi connectivity index (χ1) is 14.5. The predicted octanol–water partition coefficient (Wildman–Crippen LogP) is 0.00240. The highest BCUT2D eigenvalue weighted by Gasteiger charge is 2.30. The zero-order valence-electron chi connectivity index (χ0n) is 16.5. The van der Waals surface area contributed by atoms with Gasteiger partial charge < -0.3 is 30.4 Å². The molecule has 1 aromatic carbocycles. The Hall–Kier alpha value is -3.40. The molecule has 1 saturated heterocycles. The zero-order chi connectivity index (χ0) is 21.3. The molecule has 2 aromatic rings. The number of benzene rings is 1. The zero-order valence-corrected chi connectivity index (χ0v) is 16.5. The van der Waals surface area contributed by atoms with Crippen LogP contribution in [0, 0.1) is 0 Å². The summed E-state index contributed by atoms with van der Waals surface area (Å²) < 4.78 is 10.8. The van der Waals surface area contributed by atoms with Gasteiger partial charge in [0.25, 0.3) is 5.91 Å². The lowest BCUT2D eigenvalue weighted by molar-refractivity contribution is -0.133. The molecule has 1 aromatic heterocycles. The second kappa shape index (κ2) is 10.4. The van der Waals surface area contributed by atoms with Crippen LogP contribution in [-0.2, 0) is 31.9 Å². The molecule has 160 valence electrons. The highest BCUT2D eigenvalue weighted by atomic mass is 16.6. The smallest absolute Gasteiger partial charge is 0.410 e. The van der Waals surface area contributed by atoms with Crippen LogP contribution in [-0.4, -0.2) is 71.2 Å². The average Bonchev–Trinajstić information content (AvgIpc) is 3.27. The quantitative estimate of drug-likeness (QED) is 0.555. The van der Waals surface area contributed by atoms with E-state index >= 15 is 0 Å². The largest absolute Gasteiger partial charge is 0.436 e. The van der Waals surface area contributed by atoms with Gasteiger partial charge in [0, 0.05) is 32.1 Å². The molecule has 10 nitrogen and oxygen atoms in total. The average molecular weight is 415 g/mol. The molecule has 1 aliphatic rings. The van der Waals surface area contributed by atoms with Gasteiger partial charge >= 0.3 is 6.09 Å². The van der Waals surface area contributed by atoms with Crippen molar-refractivity contribution in [2.45, 2.75) is 25.0 Å². The summed E-state index contributed by atoms with van der Waals surface area (Å²) >= 11 is 0. The second-order valence-electron chi connectivity index (χ2n) is 6.89. The summed E-state index contributed by atoms with van der Waals surface area (Å²) in [6.07, 6.45) is 1.65. The van der Waals surface area contributed by atoms with Crippen molar-refractivity contribution in [3.05, 3.63) is 54.1 Å². The minimum atomic E-state index is -1.12. The summed E-state index contributed by atoms with van der Waals surface area (Å²) in [7, 11) is 0. The molecule has 3 rings (SSSR count). The number of nitrogens with two attached hydrogens (primary N) is 1. The van der Waals surface area contributed by atoms with Crippen molar-refractivity contribution in [3.8, 4) is 0 Å². The van der Waals surface area contributed by atoms with Crippen molar-refractivity contribution in [3.63, 3.8) is 0 Å². The Morgan fingerprint density at radius 1 is 1.20 bits per heavy atom. The molecule has 30 heavy (non-hydrogen) atoms. The van der Waals surface area contributed by atoms with Crippen LogP contribution in [0.3, 0.4) is 0 Å². The lowest BCUT2D eigenvalue weighted by Gasteiger charge is -2.28. The van der Waals surface area contributed by atoms with E-state index in [2.05, 4.69) is 15.3 Å². The minimum Gasteiger partial charge on any atom is -0.436 e. The lowest BCUT2D eigenvalue weighted by Crippen LogP contribution is -2.51. The molecule has 4 N–H and O–H groups in total. The minimum absolute atomic E-state index is 0.125. The molecule has 2 heterocycles. The molecule has 1 fully saturated rings. The van der Waals surface area contributed by atoms with Gasteiger partial charge in [-0.05, 0) is 5.56 Å². The van der Waals surface area contributed by atoms with Crippen LogP contribution in [0.4, 0.5) is 4.79 Å². The van der Waals surface area contributed by atoms with E-state index in [1.165, 1.54) is 11.2 Å². The number of aromatic nitrogens is 2. The van der Waals surface area contributed by atoms with E-state index in [1.54, 1.807) is 6.20 Å². The Morgan fingerprint density at radius 2 is 1.93 bits per heavy atom. The van der Waals surface area contributed by atoms with Crippen molar-refractivity contribution >= 4 is 17.9 Å². The molecular formula is C20H25N5O5. The Morgan fingerprint density at radius 3 is 2.57 bits per heavy atom. The van der Waals surface area contributed by atoms with E-state index in [0.717, 1.165) is 5.56 Å². The SMILES string of the molecule is NC(=O)C(Cc1c[nH]cn1)NC(=O)C(Cc1ccccc1)OC(=O)N1CCOCC1. The van der Waals surface area contributed by atoms with E-state index in [1.807, 2.05) is 30.3 Å². The first kappa shape index (κ1) is 21.3. The monoisotopic (exact) mass is 415 g/mol. The molecule has 3 amide bonds. The van der Waals surface area contributed by atoms with Gasteiger partial charge in [0.05, 0.1) is 25.2 Å². The highest BCUT2D eigenvalue weighted by Crippen LogP contribution is 2.11. The molecular weight excluding hydrogens is 390 g/mol. The Bertz CT molecular complexity index is 837. The standard InChI is InChI=1S/C20H25N5O5/c21-18(26)16(11-15-12-22-13-23-15)24-19(27)17(10-14-4-2-1-3-5-14)30-20(28)25-6-8-29-9-7-25/h1-5,12-13,16-17H,6-11H2,(H2,21,26)(H,22,23)(H,24,27). The van der Waals surface area contributed by atoms with Crippen molar-refractivity contribution < 1.29 is 23.9 Å². The highest BCUT2D eigenvalue weighted by molar-refractivity contribution is 5.89. The van der Waals surface area contributed by atoms with Gasteiger partial charge in [0.1, 0.15) is 6.04 Å². The summed E-state index contributed by atoms with van der Waals surface area (Å²) in [5, 5.41) is 2.60. The number of morpholine rings is 1. The fourth-order valence-electron chi connectivity index (χ4n) is 3.06. The van der Waals surface area contributed by atoms with Gasteiger partial charge in [0.15, 0.2) is 6.10 Å². The van der Waals surface area contributed by atoms with E-state index in [0.29, 0.717) is 32.0 Å². The predicted molar refractivity (Wildman–Crippen MR) is 106 cm³/mol. The third-order valence-electron chi connectivity index (χ3n) is 4.70. The summed E-state index contributed by atoms with van der Waals surface area (Å²) in [4.78, 5) is 45.7. The van der Waals surface area contributed by atoms with Gasteiger partial charge in [-0.3, -0.25) is 9.59 Å². The Kier molecular flexibility index (Phi) is 7.39. The van der Waals surface area contributed by atoms with Crippen LogP contribution in [0.5, 0.6) is 0 Å². The van der Waals surface area contributed by atoms with Crippen molar-refractivity contribution in [2.75, 3.05) is 26.3 Å². The van der Waals surface area contributed by atoms with Crippen molar-refractivity contribution in [2.24, 2.45) is 5.73 Å². The number of H-pyrrole nitrogens is 1. The molecule has 0 spiro atoms. The van der Waals surface area contributed by atoms with Crippen molar-refractivity contribution in [1.29, 1.82) is 0 Å². The molecule has 0 bridgehead atoms. The first-order valence-electron chi connectivity index (χ1n) is 9.67. The number of carbonyl (C=O) groups is 3. The third-order valence-corrected chi connectivity index (χ3v) is 4.70. The Balaban J connectivity index is 1.70. The lowest BCUT2D eigenvalue weighted by atomic mass is 10.1. The van der Waals surface area contributed by atoms with Crippen LogP contribution in [0.25, 0.3) is 0 Å². The fraction of sp³-hybridized carbons (Fsp3) is 0.400. The molecule has 10 heteroatoms. The van der Waals surface area contributed by atoms with Crippen LogP contribution in [0.1, 0.15) is 11.3 Å². The topological polar surface area (TPSA) is 140 Å². The number of aromatic amines is 1. The molecule has 1 aliphatic heterocycles. The number of nitrogens with zero attached hydrogens (tertiary/aromatic N) is 2. The van der Waals surface area contributed by atoms with E-state index in [-0.39, 0.29) is 12.8 Å². The maximum Gasteiger partial charge on any atom is 0.410 e. The number of primary amides is 1. The van der Waals surface area contributed by atoms with Gasteiger partial charge in [-0.15, -0.1) is 0 Å². The number of imidazole rings is 1. The van der Waals surface area contributed by atoms with E-state index in [9.17, 15) is 14.4 Å². The van der Waals surface area contributed by atoms with Crippen LogP contribution >= 0.6 is 0 Å². The number of hydrogen-bond acceptors (Lipinski definition) is 6. The molecule has 2 unspecified atom stereocenters. The summed E-state index contributed by atoms with van der Waals surface area (Å²) in [6.45, 7) is 1.61. The van der Waals surface area contributed by atoms with E-state index < -0.39 is 30.1 Å². The summed E-state index contributed by atoms with van der Waals surface area (Å²) in [5.74, 6) is -1.30. The number of carbonyl (C=O) groups excluding carboxylic acids is 3. The van der Waals surface area contributed by atoms with E-state index in [4.69, 9.17) is 15.2 Å². The molecule has 0 aliphatic carbocycles. The summed E-state index contributed by atoms with van der Waals surface area (Å²) in [6, 6.07) is 8.19. The van der Waals surface area contributed by atoms with Gasteiger partial charge in [-0.25, -0.2) is 9.78 Å². The first-order valence-corrected chi connectivity index (χ1v) is 9.67. The Labute approximate surface area is 173 Å². The molecule has 0 saturated carbocycles. The molecule has 2 atom stereocenters. The van der Waals surface area contributed by atoms with Crippen LogP contribution in [0.15, 0.2) is 42.9 Å². The number of hydrogen-bond donors (Lipinski definition) is 3. The second-order valence-corrected chi connectivity index (χ2v) is 6.89. The number of rotatable bonds is 8. The van der Waals surface area contributed by atoms with Gasteiger partial charge in [-0.1, -0.05) is 30.3 Å². The fourth-order valence-corrected chi connectivity index (χ4v) is 3.06. The summed E-state index contributed by atoms with van der Waals surface area (Å²) in [5.41, 5.74) is 6.84.